The molecule has 18 heavy (non-hydrogen) atoms. The van der Waals surface area contributed by atoms with E-state index < -0.39 is 10.0 Å². The monoisotopic (exact) mass is 353 g/mol. The summed E-state index contributed by atoms with van der Waals surface area (Å²) < 4.78 is 27.0. The summed E-state index contributed by atoms with van der Waals surface area (Å²) in [5.41, 5.74) is 0. The molecule has 1 aliphatic carbocycles. The van der Waals surface area contributed by atoms with Gasteiger partial charge in [0.1, 0.15) is 4.90 Å². The molecule has 0 bridgehead atoms. The minimum absolute atomic E-state index is 0.0272. The summed E-state index contributed by atoms with van der Waals surface area (Å²) in [6.07, 6.45) is 2.21. The summed E-state index contributed by atoms with van der Waals surface area (Å²) in [4.78, 5) is 0.902. The van der Waals surface area contributed by atoms with E-state index in [0.29, 0.717) is 14.6 Å². The Hall–Kier alpha value is 0.0500. The molecule has 1 atom stereocenters. The molecule has 1 aromatic heterocycles. The van der Waals surface area contributed by atoms with Crippen molar-refractivity contribution in [1.29, 1.82) is 0 Å². The largest absolute Gasteiger partial charge is 0.391 e. The second kappa shape index (κ2) is 5.20. The van der Waals surface area contributed by atoms with Crippen LogP contribution in [0.15, 0.2) is 14.7 Å². The van der Waals surface area contributed by atoms with Crippen LogP contribution in [0.5, 0.6) is 0 Å². The summed E-state index contributed by atoms with van der Waals surface area (Å²) in [6.45, 7) is 1.81. The fraction of sp³-hybridized carbons (Fsp3) is 0.636. The SMILES string of the molecule is CC(C1CC1)N(C)S(=O)(=O)c1cc(CO)sc1Br. The van der Waals surface area contributed by atoms with Gasteiger partial charge in [0.2, 0.25) is 10.0 Å². The van der Waals surface area contributed by atoms with Crippen LogP contribution in [-0.2, 0) is 16.6 Å². The van der Waals surface area contributed by atoms with Crippen molar-refractivity contribution in [1.82, 2.24) is 4.31 Å². The normalized spacial score (nSPS) is 18.3. The van der Waals surface area contributed by atoms with Crippen molar-refractivity contribution >= 4 is 37.3 Å². The number of sulfonamides is 1. The van der Waals surface area contributed by atoms with Gasteiger partial charge in [-0.1, -0.05) is 0 Å². The Labute approximate surface area is 120 Å². The summed E-state index contributed by atoms with van der Waals surface area (Å²) >= 11 is 4.52. The number of aliphatic hydroxyl groups excluding tert-OH is 1. The Balaban J connectivity index is 2.31. The first-order valence-corrected chi connectivity index (χ1v) is 8.80. The third-order valence-electron chi connectivity index (χ3n) is 3.40. The second-order valence-electron chi connectivity index (χ2n) is 4.61. The van der Waals surface area contributed by atoms with Crippen LogP contribution in [-0.4, -0.2) is 30.9 Å². The first kappa shape index (κ1) is 14.5. The van der Waals surface area contributed by atoms with Crippen LogP contribution in [0.1, 0.15) is 24.6 Å². The predicted octanol–water partition coefficient (Wildman–Crippen LogP) is 2.42. The highest BCUT2D eigenvalue weighted by atomic mass is 79.9. The minimum Gasteiger partial charge on any atom is -0.391 e. The molecule has 0 spiro atoms. The molecule has 0 saturated heterocycles. The number of hydrogen-bond donors (Lipinski definition) is 1. The lowest BCUT2D eigenvalue weighted by Gasteiger charge is -2.23. The fourth-order valence-corrected chi connectivity index (χ4v) is 5.81. The van der Waals surface area contributed by atoms with Gasteiger partial charge in [-0.2, -0.15) is 4.31 Å². The maximum Gasteiger partial charge on any atom is 0.245 e. The molecule has 1 fully saturated rings. The van der Waals surface area contributed by atoms with Crippen molar-refractivity contribution in [3.05, 3.63) is 14.7 Å². The van der Waals surface area contributed by atoms with E-state index >= 15 is 0 Å². The zero-order valence-electron chi connectivity index (χ0n) is 10.3. The van der Waals surface area contributed by atoms with Gasteiger partial charge in [-0.3, -0.25) is 0 Å². The molecular weight excluding hydrogens is 338 g/mol. The van der Waals surface area contributed by atoms with Gasteiger partial charge < -0.3 is 5.11 Å². The fourth-order valence-electron chi connectivity index (χ4n) is 1.90. The summed E-state index contributed by atoms with van der Waals surface area (Å²) in [5, 5.41) is 9.07. The highest BCUT2D eigenvalue weighted by Crippen LogP contribution is 2.38. The average molecular weight is 354 g/mol. The van der Waals surface area contributed by atoms with E-state index in [1.807, 2.05) is 6.92 Å². The van der Waals surface area contributed by atoms with Crippen LogP contribution in [0.25, 0.3) is 0 Å². The van der Waals surface area contributed by atoms with E-state index in [1.165, 1.54) is 15.6 Å². The van der Waals surface area contributed by atoms with Gasteiger partial charge in [-0.25, -0.2) is 8.42 Å². The Morgan fingerprint density at radius 2 is 2.22 bits per heavy atom. The molecule has 0 radical (unpaired) electrons. The van der Waals surface area contributed by atoms with Crippen LogP contribution in [0.3, 0.4) is 0 Å². The molecule has 1 N–H and O–H groups in total. The van der Waals surface area contributed by atoms with Gasteiger partial charge in [0.05, 0.1) is 10.4 Å². The quantitative estimate of drug-likeness (QED) is 0.884. The number of halogens is 1. The van der Waals surface area contributed by atoms with Gasteiger partial charge in [-0.15, -0.1) is 11.3 Å². The Kier molecular flexibility index (Phi) is 4.18. The van der Waals surface area contributed by atoms with Crippen molar-refractivity contribution in [2.24, 2.45) is 5.92 Å². The van der Waals surface area contributed by atoms with Crippen molar-refractivity contribution < 1.29 is 13.5 Å². The number of hydrogen-bond acceptors (Lipinski definition) is 4. The number of aliphatic hydroxyl groups is 1. The third-order valence-corrected chi connectivity index (χ3v) is 7.58. The lowest BCUT2D eigenvalue weighted by Crippen LogP contribution is -2.36. The molecule has 7 heteroatoms. The van der Waals surface area contributed by atoms with E-state index in [2.05, 4.69) is 15.9 Å². The van der Waals surface area contributed by atoms with Crippen molar-refractivity contribution in [3.63, 3.8) is 0 Å². The Morgan fingerprint density at radius 3 is 2.67 bits per heavy atom. The molecular formula is C11H16BrNO3S2. The van der Waals surface area contributed by atoms with Gasteiger partial charge in [0.15, 0.2) is 0 Å². The van der Waals surface area contributed by atoms with Gasteiger partial charge >= 0.3 is 0 Å². The zero-order chi connectivity index (χ0) is 13.5. The second-order valence-corrected chi connectivity index (χ2v) is 9.03. The maximum absolute atomic E-state index is 12.5. The molecule has 102 valence electrons. The lowest BCUT2D eigenvalue weighted by molar-refractivity contribution is 0.285. The molecule has 2 rings (SSSR count). The topological polar surface area (TPSA) is 57.6 Å². The van der Waals surface area contributed by atoms with E-state index in [4.69, 9.17) is 5.11 Å². The molecule has 1 heterocycles. The highest BCUT2D eigenvalue weighted by Gasteiger charge is 2.37. The van der Waals surface area contributed by atoms with Crippen molar-refractivity contribution in [2.45, 2.75) is 37.3 Å². The first-order chi connectivity index (χ1) is 8.37. The predicted molar refractivity (Wildman–Crippen MR) is 75.1 cm³/mol. The molecule has 1 aliphatic rings. The van der Waals surface area contributed by atoms with Crippen LogP contribution in [0.4, 0.5) is 0 Å². The third kappa shape index (κ3) is 2.65. The summed E-state index contributed by atoms with van der Waals surface area (Å²) in [6, 6.07) is 1.57. The molecule has 0 amide bonds. The Morgan fingerprint density at radius 1 is 1.61 bits per heavy atom. The van der Waals surface area contributed by atoms with E-state index in [9.17, 15) is 8.42 Å². The molecule has 1 aromatic rings. The van der Waals surface area contributed by atoms with E-state index in [0.717, 1.165) is 12.8 Å². The van der Waals surface area contributed by atoms with E-state index in [-0.39, 0.29) is 17.5 Å². The van der Waals surface area contributed by atoms with Crippen LogP contribution >= 0.6 is 27.3 Å². The molecule has 0 aromatic carbocycles. The smallest absolute Gasteiger partial charge is 0.245 e. The lowest BCUT2D eigenvalue weighted by atomic mass is 10.2. The standard InChI is InChI=1S/C11H16BrNO3S2/c1-7(8-3-4-8)13(2)18(15,16)10-5-9(6-14)17-11(10)12/h5,7-8,14H,3-4,6H2,1-2H3. The van der Waals surface area contributed by atoms with Crippen molar-refractivity contribution in [3.8, 4) is 0 Å². The van der Waals surface area contributed by atoms with Crippen LogP contribution in [0.2, 0.25) is 0 Å². The van der Waals surface area contributed by atoms with Crippen LogP contribution < -0.4 is 0 Å². The average Bonchev–Trinajstić information content (AvgIpc) is 3.10. The molecule has 1 unspecified atom stereocenters. The van der Waals surface area contributed by atoms with E-state index in [1.54, 1.807) is 13.1 Å². The summed E-state index contributed by atoms with van der Waals surface area (Å²) in [5.74, 6) is 0.486. The van der Waals surface area contributed by atoms with Gasteiger partial charge in [0, 0.05) is 18.0 Å². The molecule has 1 saturated carbocycles. The maximum atomic E-state index is 12.5. The number of rotatable bonds is 5. The number of thiophene rings is 1. The molecule has 0 aliphatic heterocycles. The van der Waals surface area contributed by atoms with Gasteiger partial charge in [-0.05, 0) is 47.7 Å². The number of nitrogens with zero attached hydrogens (tertiary/aromatic N) is 1. The zero-order valence-corrected chi connectivity index (χ0v) is 13.5. The Bertz CT molecular complexity index is 536. The minimum atomic E-state index is -3.48. The first-order valence-electron chi connectivity index (χ1n) is 5.75. The van der Waals surface area contributed by atoms with Crippen molar-refractivity contribution in [2.75, 3.05) is 7.05 Å². The van der Waals surface area contributed by atoms with Crippen LogP contribution in [0, 0.1) is 5.92 Å². The molecule has 4 nitrogen and oxygen atoms in total. The highest BCUT2D eigenvalue weighted by molar-refractivity contribution is 9.11. The van der Waals surface area contributed by atoms with Gasteiger partial charge in [0.25, 0.3) is 0 Å². The summed E-state index contributed by atoms with van der Waals surface area (Å²) in [7, 11) is -1.85.